The Morgan fingerprint density at radius 2 is 2.21 bits per heavy atom. The molecule has 0 saturated heterocycles. The molecule has 76 valence electrons. The molecule has 1 rings (SSSR count). The fourth-order valence-corrected chi connectivity index (χ4v) is 1.53. The second-order valence-electron chi connectivity index (χ2n) is 3.30. The van der Waals surface area contributed by atoms with E-state index in [1.165, 1.54) is 0 Å². The Kier molecular flexibility index (Phi) is 4.21. The van der Waals surface area contributed by atoms with Crippen LogP contribution in [0.1, 0.15) is 18.9 Å². The summed E-state index contributed by atoms with van der Waals surface area (Å²) >= 11 is 3.42. The molecule has 0 unspecified atom stereocenters. The normalized spacial score (nSPS) is 9.93. The quantitative estimate of drug-likeness (QED) is 0.736. The number of ether oxygens (including phenoxy) is 1. The molecule has 2 heteroatoms. The van der Waals surface area contributed by atoms with Gasteiger partial charge in [-0.15, -0.1) is 0 Å². The Balaban J connectivity index is 2.63. The highest BCUT2D eigenvalue weighted by molar-refractivity contribution is 9.10. The molecule has 0 aliphatic heterocycles. The van der Waals surface area contributed by atoms with Gasteiger partial charge in [0.25, 0.3) is 0 Å². The number of rotatable bonds is 4. The molecule has 0 saturated carbocycles. The monoisotopic (exact) mass is 254 g/mol. The third-order valence-electron chi connectivity index (χ3n) is 2.07. The summed E-state index contributed by atoms with van der Waals surface area (Å²) in [4.78, 5) is 0. The van der Waals surface area contributed by atoms with E-state index in [1.807, 2.05) is 25.1 Å². The van der Waals surface area contributed by atoms with Gasteiger partial charge in [0.05, 0.1) is 0 Å². The van der Waals surface area contributed by atoms with Crippen molar-refractivity contribution in [2.75, 3.05) is 6.61 Å². The summed E-state index contributed by atoms with van der Waals surface area (Å²) in [6.45, 7) is 8.63. The van der Waals surface area contributed by atoms with Crippen LogP contribution in [0.15, 0.2) is 34.8 Å². The first-order chi connectivity index (χ1) is 6.63. The number of aryl methyl sites for hydroxylation is 1. The number of hydrogen-bond donors (Lipinski definition) is 0. The third-order valence-corrected chi connectivity index (χ3v) is 2.56. The van der Waals surface area contributed by atoms with Gasteiger partial charge in [-0.2, -0.15) is 0 Å². The second-order valence-corrected chi connectivity index (χ2v) is 4.22. The van der Waals surface area contributed by atoms with Crippen LogP contribution >= 0.6 is 15.9 Å². The van der Waals surface area contributed by atoms with Gasteiger partial charge in [0.2, 0.25) is 0 Å². The van der Waals surface area contributed by atoms with E-state index in [4.69, 9.17) is 4.74 Å². The standard InChI is InChI=1S/C12H15BrO/c1-4-9(2)8-14-12-6-5-11(13)7-10(12)3/h5-7H,2,4,8H2,1,3H3. The Hall–Kier alpha value is -0.760. The molecular weight excluding hydrogens is 240 g/mol. The van der Waals surface area contributed by atoms with Crippen LogP contribution in [0.25, 0.3) is 0 Å². The Morgan fingerprint density at radius 3 is 2.79 bits per heavy atom. The zero-order valence-electron chi connectivity index (χ0n) is 8.64. The van der Waals surface area contributed by atoms with Crippen LogP contribution in [0.2, 0.25) is 0 Å². The highest BCUT2D eigenvalue weighted by Crippen LogP contribution is 2.22. The molecular formula is C12H15BrO. The minimum absolute atomic E-state index is 0.610. The molecule has 14 heavy (non-hydrogen) atoms. The minimum Gasteiger partial charge on any atom is -0.489 e. The summed E-state index contributed by atoms with van der Waals surface area (Å²) in [7, 11) is 0. The number of hydrogen-bond acceptors (Lipinski definition) is 1. The van der Waals surface area contributed by atoms with Crippen molar-refractivity contribution in [3.05, 3.63) is 40.4 Å². The molecule has 1 aromatic carbocycles. The lowest BCUT2D eigenvalue weighted by molar-refractivity contribution is 0.346. The average molecular weight is 255 g/mol. The van der Waals surface area contributed by atoms with Crippen LogP contribution in [0.5, 0.6) is 5.75 Å². The van der Waals surface area contributed by atoms with Gasteiger partial charge in [0.1, 0.15) is 12.4 Å². The smallest absolute Gasteiger partial charge is 0.122 e. The molecule has 0 heterocycles. The summed E-state index contributed by atoms with van der Waals surface area (Å²) in [5.74, 6) is 0.933. The predicted octanol–water partition coefficient (Wildman–Crippen LogP) is 4.10. The summed E-state index contributed by atoms with van der Waals surface area (Å²) in [6, 6.07) is 6.00. The average Bonchev–Trinajstić information content (AvgIpc) is 2.16. The first-order valence-corrected chi connectivity index (χ1v) is 5.48. The Bertz CT molecular complexity index is 331. The molecule has 0 aliphatic carbocycles. The van der Waals surface area contributed by atoms with Crippen molar-refractivity contribution in [3.63, 3.8) is 0 Å². The minimum atomic E-state index is 0.610. The number of halogens is 1. The largest absolute Gasteiger partial charge is 0.489 e. The van der Waals surface area contributed by atoms with E-state index >= 15 is 0 Å². The van der Waals surface area contributed by atoms with Gasteiger partial charge >= 0.3 is 0 Å². The lowest BCUT2D eigenvalue weighted by Crippen LogP contribution is -2.00. The summed E-state index contributed by atoms with van der Waals surface area (Å²) in [5, 5.41) is 0. The zero-order valence-corrected chi connectivity index (χ0v) is 10.2. The van der Waals surface area contributed by atoms with Crippen LogP contribution in [0.3, 0.4) is 0 Å². The summed E-state index contributed by atoms with van der Waals surface area (Å²) in [6.07, 6.45) is 0.968. The molecule has 0 N–H and O–H groups in total. The first kappa shape index (κ1) is 11.3. The highest BCUT2D eigenvalue weighted by Gasteiger charge is 2.00. The van der Waals surface area contributed by atoms with E-state index in [2.05, 4.69) is 29.4 Å². The van der Waals surface area contributed by atoms with Crippen molar-refractivity contribution >= 4 is 15.9 Å². The van der Waals surface area contributed by atoms with E-state index in [9.17, 15) is 0 Å². The van der Waals surface area contributed by atoms with Gasteiger partial charge in [-0.05, 0) is 42.7 Å². The first-order valence-electron chi connectivity index (χ1n) is 4.69. The van der Waals surface area contributed by atoms with Gasteiger partial charge in [0, 0.05) is 4.47 Å². The molecule has 0 amide bonds. The van der Waals surface area contributed by atoms with Crippen LogP contribution in [0.4, 0.5) is 0 Å². The molecule has 0 radical (unpaired) electrons. The van der Waals surface area contributed by atoms with Crippen molar-refractivity contribution in [3.8, 4) is 5.75 Å². The fourth-order valence-electron chi connectivity index (χ4n) is 1.06. The number of benzene rings is 1. The Morgan fingerprint density at radius 1 is 1.50 bits per heavy atom. The topological polar surface area (TPSA) is 9.23 Å². The van der Waals surface area contributed by atoms with E-state index in [0.717, 1.165) is 27.8 Å². The SMILES string of the molecule is C=C(CC)COc1ccc(Br)cc1C. The molecule has 0 atom stereocenters. The molecule has 1 aromatic rings. The van der Waals surface area contributed by atoms with Gasteiger partial charge in [-0.1, -0.05) is 29.4 Å². The molecule has 0 aliphatic rings. The van der Waals surface area contributed by atoms with Crippen molar-refractivity contribution in [2.45, 2.75) is 20.3 Å². The molecule has 1 nitrogen and oxygen atoms in total. The van der Waals surface area contributed by atoms with Crippen molar-refractivity contribution in [1.82, 2.24) is 0 Å². The third kappa shape index (κ3) is 3.18. The highest BCUT2D eigenvalue weighted by atomic mass is 79.9. The van der Waals surface area contributed by atoms with Gasteiger partial charge in [-0.25, -0.2) is 0 Å². The van der Waals surface area contributed by atoms with Crippen LogP contribution in [-0.4, -0.2) is 6.61 Å². The van der Waals surface area contributed by atoms with Crippen molar-refractivity contribution in [1.29, 1.82) is 0 Å². The molecule has 0 aromatic heterocycles. The van der Waals surface area contributed by atoms with E-state index in [0.29, 0.717) is 6.61 Å². The van der Waals surface area contributed by atoms with E-state index in [1.54, 1.807) is 0 Å². The van der Waals surface area contributed by atoms with Gasteiger partial charge in [-0.3, -0.25) is 0 Å². The lowest BCUT2D eigenvalue weighted by atomic mass is 10.2. The van der Waals surface area contributed by atoms with Crippen molar-refractivity contribution < 1.29 is 4.74 Å². The Labute approximate surface area is 93.9 Å². The maximum absolute atomic E-state index is 5.62. The van der Waals surface area contributed by atoms with E-state index in [-0.39, 0.29) is 0 Å². The van der Waals surface area contributed by atoms with E-state index < -0.39 is 0 Å². The second kappa shape index (κ2) is 5.20. The van der Waals surface area contributed by atoms with Crippen LogP contribution < -0.4 is 4.74 Å². The molecule has 0 fully saturated rings. The fraction of sp³-hybridized carbons (Fsp3) is 0.333. The lowest BCUT2D eigenvalue weighted by Gasteiger charge is -2.09. The van der Waals surface area contributed by atoms with Crippen molar-refractivity contribution in [2.24, 2.45) is 0 Å². The maximum atomic E-state index is 5.62. The maximum Gasteiger partial charge on any atom is 0.122 e. The predicted molar refractivity (Wildman–Crippen MR) is 63.8 cm³/mol. The van der Waals surface area contributed by atoms with Crippen LogP contribution in [0, 0.1) is 6.92 Å². The molecule has 0 spiro atoms. The summed E-state index contributed by atoms with van der Waals surface area (Å²) < 4.78 is 6.70. The summed E-state index contributed by atoms with van der Waals surface area (Å²) in [5.41, 5.74) is 2.26. The molecule has 0 bridgehead atoms. The van der Waals surface area contributed by atoms with Crippen LogP contribution in [-0.2, 0) is 0 Å². The zero-order chi connectivity index (χ0) is 10.6. The van der Waals surface area contributed by atoms with Gasteiger partial charge in [0.15, 0.2) is 0 Å². The van der Waals surface area contributed by atoms with Gasteiger partial charge < -0.3 is 4.74 Å².